The van der Waals surface area contributed by atoms with Crippen molar-refractivity contribution < 1.29 is 18.8 Å². The Hall–Kier alpha value is -2.35. The molecule has 2 aromatic rings. The highest BCUT2D eigenvalue weighted by atomic mass is 35.5. The number of hydrogen-bond donors (Lipinski definition) is 2. The summed E-state index contributed by atoms with van der Waals surface area (Å²) in [6.45, 7) is 4.10. The van der Waals surface area contributed by atoms with Crippen LogP contribution in [0.15, 0.2) is 48.6 Å². The zero-order chi connectivity index (χ0) is 27.9. The fraction of sp³-hybridized carbons (Fsp3) is 0.531. The van der Waals surface area contributed by atoms with E-state index in [9.17, 15) is 14.1 Å². The Morgan fingerprint density at radius 2 is 2.02 bits per heavy atom. The summed E-state index contributed by atoms with van der Waals surface area (Å²) in [7, 11) is -1.51. The molecule has 2 aliphatic heterocycles. The highest BCUT2D eigenvalue weighted by molar-refractivity contribution is 7.84. The number of aliphatic hydroxyl groups excluding tert-OH is 1. The maximum Gasteiger partial charge on any atom is 0.263 e. The molecule has 4 aliphatic rings. The van der Waals surface area contributed by atoms with Crippen LogP contribution in [0.3, 0.4) is 0 Å². The van der Waals surface area contributed by atoms with Gasteiger partial charge in [-0.2, -0.15) is 0 Å². The number of rotatable bonds is 1. The van der Waals surface area contributed by atoms with Gasteiger partial charge in [0.1, 0.15) is 16.7 Å². The van der Waals surface area contributed by atoms with Gasteiger partial charge in [-0.25, -0.2) is 4.21 Å². The molecule has 5 unspecified atom stereocenters. The van der Waals surface area contributed by atoms with E-state index in [4.69, 9.17) is 16.3 Å². The first-order valence-electron chi connectivity index (χ1n) is 14.7. The standard InChI is InChI=1S/C32H39ClN2O4S/c1-2-25-7-3-4-8-29(36)26-12-9-23(26)18-35-19-32(15-5-6-21-16-24(33)11-13-27(21)32)20-39-30-14-10-22(17-28(30)35)31(37)34-40(25)38/h3-4,10-11,13-14,16-17,23,25-26,29,36H,2,5-9,12,15,18-20H2,1H3,(H,34,37)/b4-3-/t23?,25-,26?,29?,32?,40?/m0/s1. The summed E-state index contributed by atoms with van der Waals surface area (Å²) in [4.78, 5) is 15.7. The van der Waals surface area contributed by atoms with Crippen LogP contribution >= 0.6 is 11.6 Å². The Kier molecular flexibility index (Phi) is 7.99. The van der Waals surface area contributed by atoms with Crippen molar-refractivity contribution in [2.45, 2.75) is 75.1 Å². The molecule has 1 fully saturated rings. The van der Waals surface area contributed by atoms with Gasteiger partial charge in [0.2, 0.25) is 0 Å². The van der Waals surface area contributed by atoms with E-state index in [1.54, 1.807) is 6.07 Å². The first-order valence-corrected chi connectivity index (χ1v) is 16.3. The van der Waals surface area contributed by atoms with Crippen molar-refractivity contribution in [3.63, 3.8) is 0 Å². The van der Waals surface area contributed by atoms with Crippen LogP contribution in [0.4, 0.5) is 5.69 Å². The quantitative estimate of drug-likeness (QED) is 0.420. The molecule has 40 heavy (non-hydrogen) atoms. The van der Waals surface area contributed by atoms with E-state index < -0.39 is 17.1 Å². The summed E-state index contributed by atoms with van der Waals surface area (Å²) >= 11 is 6.39. The number of benzene rings is 2. The lowest BCUT2D eigenvalue weighted by atomic mass is 9.68. The predicted molar refractivity (Wildman–Crippen MR) is 161 cm³/mol. The molecule has 6 atom stereocenters. The molecule has 2 aliphatic carbocycles. The third kappa shape index (κ3) is 5.33. The number of ether oxygens (including phenoxy) is 1. The number of nitrogens with one attached hydrogen (secondary N) is 1. The summed E-state index contributed by atoms with van der Waals surface area (Å²) in [5.41, 5.74) is 3.78. The number of anilines is 1. The summed E-state index contributed by atoms with van der Waals surface area (Å²) in [6.07, 6.45) is 10.7. The Bertz CT molecular complexity index is 1330. The van der Waals surface area contributed by atoms with Crippen LogP contribution in [-0.4, -0.2) is 46.3 Å². The molecule has 6 nitrogen and oxygen atoms in total. The smallest absolute Gasteiger partial charge is 0.263 e. The van der Waals surface area contributed by atoms with Crippen LogP contribution in [0.2, 0.25) is 5.02 Å². The molecule has 1 amide bonds. The maximum atomic E-state index is 13.3. The number of hydrogen-bond acceptors (Lipinski definition) is 5. The van der Waals surface area contributed by atoms with E-state index in [1.165, 1.54) is 11.1 Å². The van der Waals surface area contributed by atoms with Gasteiger partial charge in [0.15, 0.2) is 0 Å². The molecule has 1 saturated carbocycles. The fourth-order valence-corrected chi connectivity index (χ4v) is 8.41. The first-order chi connectivity index (χ1) is 19.4. The fourth-order valence-electron chi connectivity index (χ4n) is 7.16. The van der Waals surface area contributed by atoms with Crippen LogP contribution in [0.1, 0.15) is 73.4 Å². The molecule has 8 heteroatoms. The SMILES string of the molecule is CC[C@H]1C/C=C\CC(O)C2CCC2CN2CC3(CCCc4cc(Cl)ccc43)COc3ccc(cc32)C(=O)NS1=O. The van der Waals surface area contributed by atoms with Gasteiger partial charge in [0, 0.05) is 29.1 Å². The third-order valence-corrected chi connectivity index (χ3v) is 11.4. The van der Waals surface area contributed by atoms with Crippen LogP contribution < -0.4 is 14.4 Å². The van der Waals surface area contributed by atoms with Gasteiger partial charge < -0.3 is 14.7 Å². The van der Waals surface area contributed by atoms with Gasteiger partial charge in [-0.1, -0.05) is 36.7 Å². The lowest BCUT2D eigenvalue weighted by molar-refractivity contribution is 0.0177. The van der Waals surface area contributed by atoms with Crippen molar-refractivity contribution >= 4 is 34.2 Å². The van der Waals surface area contributed by atoms with Crippen LogP contribution in [0, 0.1) is 11.8 Å². The second kappa shape index (κ2) is 11.5. The second-order valence-electron chi connectivity index (χ2n) is 12.1. The number of fused-ring (bicyclic) bond motifs is 4. The zero-order valence-electron chi connectivity index (χ0n) is 23.1. The lowest BCUT2D eigenvalue weighted by Crippen LogP contribution is -2.49. The maximum absolute atomic E-state index is 13.3. The molecule has 6 rings (SSSR count). The first kappa shape index (κ1) is 27.8. The lowest BCUT2D eigenvalue weighted by Gasteiger charge is -2.45. The van der Waals surface area contributed by atoms with Gasteiger partial charge in [0.25, 0.3) is 5.91 Å². The minimum absolute atomic E-state index is 0.179. The van der Waals surface area contributed by atoms with E-state index in [-0.39, 0.29) is 22.5 Å². The molecule has 0 saturated heterocycles. The molecule has 0 aromatic heterocycles. The summed E-state index contributed by atoms with van der Waals surface area (Å²) in [5, 5.41) is 11.7. The minimum atomic E-state index is -1.51. The van der Waals surface area contributed by atoms with Crippen molar-refractivity contribution in [2.75, 3.05) is 24.6 Å². The molecular weight excluding hydrogens is 544 g/mol. The van der Waals surface area contributed by atoms with Gasteiger partial charge in [-0.3, -0.25) is 9.52 Å². The number of nitrogens with zero attached hydrogens (tertiary/aromatic N) is 1. The molecule has 214 valence electrons. The molecule has 2 bridgehead atoms. The van der Waals surface area contributed by atoms with Gasteiger partial charge in [-0.05, 0) is 105 Å². The molecule has 2 aromatic carbocycles. The predicted octanol–water partition coefficient (Wildman–Crippen LogP) is 5.72. The van der Waals surface area contributed by atoms with E-state index >= 15 is 0 Å². The van der Waals surface area contributed by atoms with Gasteiger partial charge >= 0.3 is 0 Å². The highest BCUT2D eigenvalue weighted by Crippen LogP contribution is 2.46. The number of carbonyl (C=O) groups excluding carboxylic acids is 1. The molecule has 1 spiro atoms. The van der Waals surface area contributed by atoms with E-state index in [1.807, 2.05) is 37.3 Å². The summed E-state index contributed by atoms with van der Waals surface area (Å²) in [5.74, 6) is 1.04. The van der Waals surface area contributed by atoms with E-state index in [2.05, 4.69) is 21.8 Å². The topological polar surface area (TPSA) is 78.9 Å². The molecule has 2 heterocycles. The Morgan fingerprint density at radius 3 is 2.83 bits per heavy atom. The second-order valence-corrected chi connectivity index (χ2v) is 14.0. The number of aliphatic hydroxyl groups is 1. The molecular formula is C32H39ClN2O4S. The largest absolute Gasteiger partial charge is 0.490 e. The number of amides is 1. The van der Waals surface area contributed by atoms with Gasteiger partial charge in [0.05, 0.1) is 23.6 Å². The Balaban J connectivity index is 1.40. The molecule has 2 N–H and O–H groups in total. The van der Waals surface area contributed by atoms with E-state index in [0.717, 1.165) is 61.7 Å². The van der Waals surface area contributed by atoms with Crippen molar-refractivity contribution in [3.8, 4) is 5.75 Å². The number of halogens is 1. The number of aryl methyl sites for hydroxylation is 1. The minimum Gasteiger partial charge on any atom is -0.490 e. The zero-order valence-corrected chi connectivity index (χ0v) is 24.7. The average Bonchev–Trinajstić information content (AvgIpc) is 3.07. The number of carbonyl (C=O) groups is 1. The van der Waals surface area contributed by atoms with E-state index in [0.29, 0.717) is 37.4 Å². The normalized spacial score (nSPS) is 33.0. The highest BCUT2D eigenvalue weighted by Gasteiger charge is 2.44. The van der Waals surface area contributed by atoms with Crippen LogP contribution in [-0.2, 0) is 22.8 Å². The average molecular weight is 583 g/mol. The van der Waals surface area contributed by atoms with Crippen molar-refractivity contribution in [2.24, 2.45) is 11.8 Å². The van der Waals surface area contributed by atoms with Gasteiger partial charge in [-0.15, -0.1) is 0 Å². The van der Waals surface area contributed by atoms with Crippen LogP contribution in [0.25, 0.3) is 0 Å². The van der Waals surface area contributed by atoms with Crippen molar-refractivity contribution in [1.29, 1.82) is 0 Å². The summed E-state index contributed by atoms with van der Waals surface area (Å²) < 4.78 is 22.4. The van der Waals surface area contributed by atoms with Crippen LogP contribution in [0.5, 0.6) is 5.75 Å². The third-order valence-electron chi connectivity index (χ3n) is 9.62. The Labute approximate surface area is 244 Å². The summed E-state index contributed by atoms with van der Waals surface area (Å²) in [6, 6.07) is 11.8. The van der Waals surface area contributed by atoms with Crippen molar-refractivity contribution in [1.82, 2.24) is 4.72 Å². The number of allylic oxidation sites excluding steroid dienone is 1. The Morgan fingerprint density at radius 1 is 1.18 bits per heavy atom. The van der Waals surface area contributed by atoms with Crippen molar-refractivity contribution in [3.05, 3.63) is 70.3 Å². The monoisotopic (exact) mass is 582 g/mol. The molecule has 0 radical (unpaired) electrons.